The summed E-state index contributed by atoms with van der Waals surface area (Å²) >= 11 is 0. The summed E-state index contributed by atoms with van der Waals surface area (Å²) in [4.78, 5) is 12.2. The Labute approximate surface area is 202 Å². The molecule has 0 radical (unpaired) electrons. The Morgan fingerprint density at radius 3 is 2.09 bits per heavy atom. The molecule has 6 nitrogen and oxygen atoms in total. The second-order valence-electron chi connectivity index (χ2n) is 8.61. The van der Waals surface area contributed by atoms with Gasteiger partial charge >= 0.3 is 0 Å². The van der Waals surface area contributed by atoms with Gasteiger partial charge in [0.2, 0.25) is 5.91 Å². The van der Waals surface area contributed by atoms with Gasteiger partial charge in [-0.2, -0.15) is 8.42 Å². The van der Waals surface area contributed by atoms with Gasteiger partial charge in [-0.1, -0.05) is 88.8 Å². The molecule has 3 N–H and O–H groups in total. The highest BCUT2D eigenvalue weighted by atomic mass is 32.2. The quantitative estimate of drug-likeness (QED) is 0.107. The van der Waals surface area contributed by atoms with Gasteiger partial charge in [0.1, 0.15) is 0 Å². The van der Waals surface area contributed by atoms with E-state index >= 15 is 0 Å². The summed E-state index contributed by atoms with van der Waals surface area (Å²) in [6.07, 6.45) is 24.5. The van der Waals surface area contributed by atoms with Gasteiger partial charge in [-0.3, -0.25) is 9.35 Å². The van der Waals surface area contributed by atoms with E-state index in [-0.39, 0.29) is 12.3 Å². The van der Waals surface area contributed by atoms with Crippen molar-refractivity contribution in [2.75, 3.05) is 5.75 Å². The number of carbonyl (C=O) groups excluding carboxylic acids is 1. The highest BCUT2D eigenvalue weighted by molar-refractivity contribution is 7.85. The third kappa shape index (κ3) is 22.1. The molecule has 2 atom stereocenters. The van der Waals surface area contributed by atoms with Gasteiger partial charge in [-0.25, -0.2) is 0 Å². The van der Waals surface area contributed by atoms with Crippen molar-refractivity contribution >= 4 is 16.0 Å². The summed E-state index contributed by atoms with van der Waals surface area (Å²) in [7, 11) is -4.32. The van der Waals surface area contributed by atoms with E-state index in [9.17, 15) is 18.3 Å². The van der Waals surface area contributed by atoms with Crippen molar-refractivity contribution < 1.29 is 22.9 Å². The number of unbranched alkanes of at least 4 members (excludes halogenated alkanes) is 9. The molecule has 0 aromatic heterocycles. The normalized spacial score (nSPS) is 14.4. The van der Waals surface area contributed by atoms with Crippen LogP contribution in [0.15, 0.2) is 36.5 Å². The first kappa shape index (κ1) is 31.6. The van der Waals surface area contributed by atoms with Crippen molar-refractivity contribution in [2.24, 2.45) is 0 Å². The van der Waals surface area contributed by atoms with Crippen LogP contribution < -0.4 is 5.32 Å². The van der Waals surface area contributed by atoms with Crippen LogP contribution in [0.2, 0.25) is 0 Å². The van der Waals surface area contributed by atoms with Gasteiger partial charge < -0.3 is 10.4 Å². The van der Waals surface area contributed by atoms with Crippen molar-refractivity contribution in [1.82, 2.24) is 5.32 Å². The highest BCUT2D eigenvalue weighted by Crippen LogP contribution is 2.09. The first-order chi connectivity index (χ1) is 15.8. The smallest absolute Gasteiger partial charge is 0.267 e. The molecular formula is C26H47NO5S. The second kappa shape index (κ2) is 21.1. The molecule has 1 amide bonds. The maximum absolute atomic E-state index is 12.2. The predicted octanol–water partition coefficient (Wildman–Crippen LogP) is 5.89. The lowest BCUT2D eigenvalue weighted by molar-refractivity contribution is -0.122. The molecule has 0 aliphatic carbocycles. The minimum atomic E-state index is -4.32. The molecule has 0 saturated carbocycles. The minimum Gasteiger partial charge on any atom is -0.387 e. The molecule has 0 rings (SSSR count). The Morgan fingerprint density at radius 1 is 0.818 bits per heavy atom. The molecule has 7 heteroatoms. The highest BCUT2D eigenvalue weighted by Gasteiger charge is 2.24. The fraction of sp³-hybridized carbons (Fsp3) is 0.731. The van der Waals surface area contributed by atoms with Gasteiger partial charge in [0.05, 0.1) is 17.9 Å². The van der Waals surface area contributed by atoms with Crippen LogP contribution in [0, 0.1) is 0 Å². The van der Waals surface area contributed by atoms with Crippen molar-refractivity contribution in [3.8, 4) is 0 Å². The average molecular weight is 486 g/mol. The lowest BCUT2D eigenvalue weighted by Gasteiger charge is -2.21. The van der Waals surface area contributed by atoms with Crippen molar-refractivity contribution in [2.45, 2.75) is 116 Å². The first-order valence-electron chi connectivity index (χ1n) is 12.7. The summed E-state index contributed by atoms with van der Waals surface area (Å²) in [5, 5.41) is 12.9. The third-order valence-corrected chi connectivity index (χ3v) is 6.07. The van der Waals surface area contributed by atoms with E-state index in [0.29, 0.717) is 6.42 Å². The number of carbonyl (C=O) groups is 1. The van der Waals surface area contributed by atoms with Crippen LogP contribution in [0.3, 0.4) is 0 Å². The van der Waals surface area contributed by atoms with E-state index < -0.39 is 28.0 Å². The van der Waals surface area contributed by atoms with E-state index in [0.717, 1.165) is 70.6 Å². The Hall–Kier alpha value is -1.44. The van der Waals surface area contributed by atoms with Crippen LogP contribution >= 0.6 is 0 Å². The zero-order chi connectivity index (χ0) is 24.8. The van der Waals surface area contributed by atoms with Gasteiger partial charge in [0.15, 0.2) is 0 Å². The van der Waals surface area contributed by atoms with Gasteiger partial charge in [0, 0.05) is 6.42 Å². The molecule has 0 aromatic carbocycles. The Morgan fingerprint density at radius 2 is 1.42 bits per heavy atom. The number of aliphatic hydroxyl groups is 1. The predicted molar refractivity (Wildman–Crippen MR) is 138 cm³/mol. The number of hydrogen-bond donors (Lipinski definition) is 3. The lowest BCUT2D eigenvalue weighted by Crippen LogP contribution is -2.46. The third-order valence-electron chi connectivity index (χ3n) is 5.29. The van der Waals surface area contributed by atoms with E-state index in [1.807, 2.05) is 0 Å². The van der Waals surface area contributed by atoms with Crippen LogP contribution in [0.25, 0.3) is 0 Å². The second-order valence-corrected chi connectivity index (χ2v) is 10.1. The molecule has 2 unspecified atom stereocenters. The molecule has 192 valence electrons. The Kier molecular flexibility index (Phi) is 20.2. The average Bonchev–Trinajstić information content (AvgIpc) is 2.75. The zero-order valence-corrected chi connectivity index (χ0v) is 21.6. The lowest BCUT2D eigenvalue weighted by atomic mass is 10.1. The van der Waals surface area contributed by atoms with Crippen molar-refractivity contribution in [3.63, 3.8) is 0 Å². The number of amides is 1. The van der Waals surface area contributed by atoms with Crippen molar-refractivity contribution in [1.29, 1.82) is 0 Å². The van der Waals surface area contributed by atoms with Crippen LogP contribution in [0.1, 0.15) is 104 Å². The standard InChI is InChI=1S/C26H47NO5S/c1-3-5-7-9-10-11-12-13-14-15-16-18-20-22-26(29)27-24(23-33(30,31)32)25(28)21-19-17-8-6-4-2/h7,9,11-12,19,21,24-25,28H,3-6,8,10,13-18,20,22-23H2,1-2H3,(H,27,29)(H,30,31,32)/b9-7-,12-11-,21-19+. The summed E-state index contributed by atoms with van der Waals surface area (Å²) in [5.41, 5.74) is 0. The summed E-state index contributed by atoms with van der Waals surface area (Å²) < 4.78 is 31.7. The van der Waals surface area contributed by atoms with E-state index in [2.05, 4.69) is 43.5 Å². The Bertz CT molecular complexity index is 670. The number of aliphatic hydroxyl groups excluding tert-OH is 1. The minimum absolute atomic E-state index is 0.277. The largest absolute Gasteiger partial charge is 0.387 e. The maximum Gasteiger partial charge on any atom is 0.267 e. The fourth-order valence-electron chi connectivity index (χ4n) is 3.36. The Balaban J connectivity index is 4.12. The molecule has 0 bridgehead atoms. The van der Waals surface area contributed by atoms with E-state index in [1.54, 1.807) is 6.08 Å². The summed E-state index contributed by atoms with van der Waals surface area (Å²) in [6.45, 7) is 4.27. The van der Waals surface area contributed by atoms with Gasteiger partial charge in [-0.05, 0) is 44.9 Å². The summed E-state index contributed by atoms with van der Waals surface area (Å²) in [5.74, 6) is -1.01. The monoisotopic (exact) mass is 485 g/mol. The molecule has 0 aliphatic heterocycles. The van der Waals surface area contributed by atoms with Crippen LogP contribution in [0.4, 0.5) is 0 Å². The molecule has 0 aromatic rings. The molecule has 0 heterocycles. The van der Waals surface area contributed by atoms with Gasteiger partial charge in [0.25, 0.3) is 10.1 Å². The summed E-state index contributed by atoms with van der Waals surface area (Å²) in [6, 6.07) is -1.06. The molecule has 33 heavy (non-hydrogen) atoms. The van der Waals surface area contributed by atoms with E-state index in [1.165, 1.54) is 12.5 Å². The van der Waals surface area contributed by atoms with Crippen LogP contribution in [-0.2, 0) is 14.9 Å². The van der Waals surface area contributed by atoms with Crippen molar-refractivity contribution in [3.05, 3.63) is 36.5 Å². The molecule has 0 aliphatic rings. The first-order valence-corrected chi connectivity index (χ1v) is 14.3. The molecule has 0 saturated heterocycles. The van der Waals surface area contributed by atoms with E-state index in [4.69, 9.17) is 4.55 Å². The van der Waals surface area contributed by atoms with Gasteiger partial charge in [-0.15, -0.1) is 0 Å². The topological polar surface area (TPSA) is 104 Å². The van der Waals surface area contributed by atoms with Crippen LogP contribution in [-0.4, -0.2) is 41.9 Å². The number of hydrogen-bond acceptors (Lipinski definition) is 4. The molecule has 0 fully saturated rings. The number of rotatable bonds is 21. The maximum atomic E-state index is 12.2. The number of allylic oxidation sites excluding steroid dienone is 5. The SMILES string of the molecule is CCC/C=C\C/C=C\CCCCCCCC(=O)NC(CS(=O)(=O)O)C(O)/C=C/CCCCC. The number of nitrogens with one attached hydrogen (secondary N) is 1. The molecule has 0 spiro atoms. The van der Waals surface area contributed by atoms with Crippen LogP contribution in [0.5, 0.6) is 0 Å². The molecular weight excluding hydrogens is 438 g/mol. The zero-order valence-electron chi connectivity index (χ0n) is 20.8. The fourth-order valence-corrected chi connectivity index (χ4v) is 4.10.